The molecule has 2 aromatic rings. The Morgan fingerprint density at radius 3 is 2.39 bits per heavy atom. The summed E-state index contributed by atoms with van der Waals surface area (Å²) < 4.78 is 13.6. The first kappa shape index (κ1) is 24.3. The Morgan fingerprint density at radius 1 is 1.15 bits per heavy atom. The number of hydroxylamine groups is 1. The first-order valence-corrected chi connectivity index (χ1v) is 11.0. The van der Waals surface area contributed by atoms with Gasteiger partial charge in [-0.3, -0.25) is 14.8 Å². The quantitative estimate of drug-likeness (QED) is 0.264. The molecule has 0 atom stereocenters. The Kier molecular flexibility index (Phi) is 8.12. The van der Waals surface area contributed by atoms with E-state index in [1.807, 2.05) is 5.48 Å². The number of nitrogens with zero attached hydrogens (tertiary/aromatic N) is 2. The van der Waals surface area contributed by atoms with Gasteiger partial charge in [-0.25, -0.2) is 19.7 Å². The van der Waals surface area contributed by atoms with Crippen LogP contribution >= 0.6 is 15.9 Å². The second-order valence-electron chi connectivity index (χ2n) is 7.52. The molecular formula is C22H23BrFN5O4. The summed E-state index contributed by atoms with van der Waals surface area (Å²) >= 11 is 3.05. The van der Waals surface area contributed by atoms with Crippen molar-refractivity contribution in [2.45, 2.75) is 19.4 Å². The first-order valence-electron chi connectivity index (χ1n) is 10.2. The van der Waals surface area contributed by atoms with Crippen molar-refractivity contribution in [2.24, 2.45) is 16.6 Å². The molecule has 1 heterocycles. The normalized spacial score (nSPS) is 14.6. The Bertz CT molecular complexity index is 1070. The number of urea groups is 1. The summed E-state index contributed by atoms with van der Waals surface area (Å²) in [5, 5.41) is 12.2. The van der Waals surface area contributed by atoms with E-state index >= 15 is 0 Å². The Balaban J connectivity index is 1.52. The number of hydrogen-bond donors (Lipinski definition) is 4. The number of amidine groups is 1. The van der Waals surface area contributed by atoms with Gasteiger partial charge in [0.25, 0.3) is 0 Å². The zero-order valence-electron chi connectivity index (χ0n) is 17.6. The molecule has 0 spiro atoms. The van der Waals surface area contributed by atoms with Gasteiger partial charge in [0.2, 0.25) is 11.7 Å². The Labute approximate surface area is 197 Å². The van der Waals surface area contributed by atoms with Gasteiger partial charge in [0.1, 0.15) is 5.82 Å². The van der Waals surface area contributed by atoms with Crippen LogP contribution in [0.15, 0.2) is 51.9 Å². The SMILES string of the molecule is NC(=O)c1ccc(CNC(=O)N2CCC(C(=O)C(=Nc3ccc(F)c(Br)c3)NO)CC2)cc1. The van der Waals surface area contributed by atoms with E-state index in [1.54, 1.807) is 29.2 Å². The molecule has 174 valence electrons. The van der Waals surface area contributed by atoms with Crippen LogP contribution in [0.25, 0.3) is 0 Å². The zero-order chi connectivity index (χ0) is 24.0. The van der Waals surface area contributed by atoms with Crippen molar-refractivity contribution in [1.29, 1.82) is 0 Å². The third kappa shape index (κ3) is 6.36. The fourth-order valence-electron chi connectivity index (χ4n) is 3.43. The van der Waals surface area contributed by atoms with Crippen molar-refractivity contribution < 1.29 is 24.0 Å². The standard InChI is InChI=1S/C22H23BrFN5O4/c23-17-11-16(5-6-18(17)24)27-21(28-33)19(30)14-7-9-29(10-8-14)22(32)26-12-13-1-3-15(4-2-13)20(25)31/h1-6,11,14,33H,7-10,12H2,(H2,25,31)(H,26,32)(H,27,28). The average molecular weight is 520 g/mol. The van der Waals surface area contributed by atoms with Crippen LogP contribution in [-0.2, 0) is 11.3 Å². The molecule has 1 aliphatic rings. The molecule has 1 aliphatic heterocycles. The molecule has 0 aromatic heterocycles. The van der Waals surface area contributed by atoms with Crippen molar-refractivity contribution in [3.8, 4) is 0 Å². The van der Waals surface area contributed by atoms with E-state index in [4.69, 9.17) is 5.73 Å². The molecule has 11 heteroatoms. The molecule has 3 amide bonds. The number of carbonyl (C=O) groups excluding carboxylic acids is 3. The smallest absolute Gasteiger partial charge is 0.317 e. The largest absolute Gasteiger partial charge is 0.366 e. The minimum Gasteiger partial charge on any atom is -0.366 e. The predicted molar refractivity (Wildman–Crippen MR) is 123 cm³/mol. The number of carbonyl (C=O) groups is 3. The van der Waals surface area contributed by atoms with Gasteiger partial charge >= 0.3 is 6.03 Å². The number of primary amides is 1. The molecular weight excluding hydrogens is 497 g/mol. The minimum atomic E-state index is -0.516. The van der Waals surface area contributed by atoms with Gasteiger partial charge in [-0.2, -0.15) is 0 Å². The maximum Gasteiger partial charge on any atom is 0.317 e. The highest BCUT2D eigenvalue weighted by Gasteiger charge is 2.30. The number of piperidine rings is 1. The summed E-state index contributed by atoms with van der Waals surface area (Å²) in [5.74, 6) is -2.02. The topological polar surface area (TPSA) is 137 Å². The molecule has 9 nitrogen and oxygen atoms in total. The molecule has 0 saturated carbocycles. The maximum atomic E-state index is 13.4. The van der Waals surface area contributed by atoms with E-state index in [9.17, 15) is 24.0 Å². The van der Waals surface area contributed by atoms with Gasteiger partial charge in [0.15, 0.2) is 5.84 Å². The van der Waals surface area contributed by atoms with Crippen molar-refractivity contribution in [2.75, 3.05) is 13.1 Å². The average Bonchev–Trinajstić information content (AvgIpc) is 2.83. The lowest BCUT2D eigenvalue weighted by atomic mass is 9.92. The van der Waals surface area contributed by atoms with E-state index in [0.717, 1.165) is 5.56 Å². The summed E-state index contributed by atoms with van der Waals surface area (Å²) in [7, 11) is 0. The molecule has 0 unspecified atom stereocenters. The van der Waals surface area contributed by atoms with Crippen LogP contribution in [0.1, 0.15) is 28.8 Å². The highest BCUT2D eigenvalue weighted by atomic mass is 79.9. The number of rotatable bonds is 6. The highest BCUT2D eigenvalue weighted by Crippen LogP contribution is 2.24. The Morgan fingerprint density at radius 2 is 1.82 bits per heavy atom. The summed E-state index contributed by atoms with van der Waals surface area (Å²) in [6.07, 6.45) is 0.820. The molecule has 0 bridgehead atoms. The lowest BCUT2D eigenvalue weighted by Gasteiger charge is -2.31. The van der Waals surface area contributed by atoms with Crippen molar-refractivity contribution in [3.63, 3.8) is 0 Å². The summed E-state index contributed by atoms with van der Waals surface area (Å²) in [5.41, 5.74) is 8.56. The molecule has 1 fully saturated rings. The second kappa shape index (κ2) is 11.0. The van der Waals surface area contributed by atoms with Crippen LogP contribution in [-0.4, -0.2) is 46.8 Å². The van der Waals surface area contributed by atoms with Crippen LogP contribution in [0.3, 0.4) is 0 Å². The van der Waals surface area contributed by atoms with Crippen LogP contribution in [0.5, 0.6) is 0 Å². The molecule has 0 aliphatic carbocycles. The third-order valence-corrected chi connectivity index (χ3v) is 5.93. The van der Waals surface area contributed by atoms with Crippen LogP contribution in [0.4, 0.5) is 14.9 Å². The van der Waals surface area contributed by atoms with E-state index in [-0.39, 0.29) is 28.7 Å². The molecule has 5 N–H and O–H groups in total. The Hall–Kier alpha value is -3.31. The zero-order valence-corrected chi connectivity index (χ0v) is 19.1. The fraction of sp³-hybridized carbons (Fsp3) is 0.273. The van der Waals surface area contributed by atoms with E-state index in [2.05, 4.69) is 26.2 Å². The van der Waals surface area contributed by atoms with Gasteiger partial charge in [-0.15, -0.1) is 0 Å². The van der Waals surface area contributed by atoms with Crippen molar-refractivity contribution in [3.05, 3.63) is 63.9 Å². The number of nitrogens with one attached hydrogen (secondary N) is 2. The van der Waals surface area contributed by atoms with E-state index < -0.39 is 17.6 Å². The number of Topliss-reactive ketones (excluding diaryl/α,β-unsaturated/α-hetero) is 1. The van der Waals surface area contributed by atoms with E-state index in [1.165, 1.54) is 18.2 Å². The maximum absolute atomic E-state index is 13.4. The lowest BCUT2D eigenvalue weighted by Crippen LogP contribution is -2.46. The number of amides is 3. The van der Waals surface area contributed by atoms with Crippen LogP contribution in [0, 0.1) is 11.7 Å². The highest BCUT2D eigenvalue weighted by molar-refractivity contribution is 9.10. The first-order chi connectivity index (χ1) is 15.8. The van der Waals surface area contributed by atoms with Gasteiger partial charge in [0, 0.05) is 31.1 Å². The number of benzene rings is 2. The minimum absolute atomic E-state index is 0.191. The number of halogens is 2. The molecule has 2 aromatic carbocycles. The molecule has 0 radical (unpaired) electrons. The summed E-state index contributed by atoms with van der Waals surface area (Å²) in [6, 6.07) is 10.4. The predicted octanol–water partition coefficient (Wildman–Crippen LogP) is 2.89. The second-order valence-corrected chi connectivity index (χ2v) is 8.37. The molecule has 1 saturated heterocycles. The van der Waals surface area contributed by atoms with Crippen molar-refractivity contribution in [1.82, 2.24) is 15.7 Å². The molecule has 3 rings (SSSR count). The van der Waals surface area contributed by atoms with Crippen LogP contribution < -0.4 is 16.5 Å². The van der Waals surface area contributed by atoms with Gasteiger partial charge in [-0.05, 0) is 64.7 Å². The number of nitrogens with two attached hydrogens (primary N) is 1. The number of likely N-dealkylation sites (tertiary alicyclic amines) is 1. The third-order valence-electron chi connectivity index (χ3n) is 5.32. The van der Waals surface area contributed by atoms with Gasteiger partial charge in [0.05, 0.1) is 10.2 Å². The van der Waals surface area contributed by atoms with Crippen molar-refractivity contribution >= 4 is 45.2 Å². The number of hydrogen-bond acceptors (Lipinski definition) is 5. The van der Waals surface area contributed by atoms with Gasteiger partial charge in [-0.1, -0.05) is 12.1 Å². The monoisotopic (exact) mass is 519 g/mol. The fourth-order valence-corrected chi connectivity index (χ4v) is 3.80. The molecule has 33 heavy (non-hydrogen) atoms. The van der Waals surface area contributed by atoms with E-state index in [0.29, 0.717) is 37.2 Å². The van der Waals surface area contributed by atoms with Crippen LogP contribution in [0.2, 0.25) is 0 Å². The summed E-state index contributed by atoms with van der Waals surface area (Å²) in [4.78, 5) is 42.0. The lowest BCUT2D eigenvalue weighted by molar-refractivity contribution is -0.118. The summed E-state index contributed by atoms with van der Waals surface area (Å²) in [6.45, 7) is 1.02. The van der Waals surface area contributed by atoms with Gasteiger partial charge < -0.3 is 16.0 Å². The number of aliphatic imine (C=N–C) groups is 1. The number of ketones is 1.